The summed E-state index contributed by atoms with van der Waals surface area (Å²) in [5.41, 5.74) is -0.323. The first kappa shape index (κ1) is 20.1. The van der Waals surface area contributed by atoms with E-state index in [2.05, 4.69) is 0 Å². The molecule has 1 spiro atoms. The Bertz CT molecular complexity index is 755. The monoisotopic (exact) mass is 416 g/mol. The number of halogens is 2. The predicted molar refractivity (Wildman–Crippen MR) is 101 cm³/mol. The van der Waals surface area contributed by atoms with Crippen LogP contribution in [0.15, 0.2) is 0 Å². The van der Waals surface area contributed by atoms with E-state index in [1.807, 2.05) is 0 Å². The number of benzene rings is 1. The average Bonchev–Trinajstić information content (AvgIpc) is 2.64. The van der Waals surface area contributed by atoms with Gasteiger partial charge in [0.15, 0.2) is 29.6 Å². The number of hydrogen-bond acceptors (Lipinski definition) is 6. The molecule has 1 aliphatic carbocycles. The molecular weight excluding hydrogens is 395 g/mol. The number of rotatable bonds is 5. The third kappa shape index (κ3) is 3.83. The number of carbonyl (C=O) groups is 2. The smallest absolute Gasteiger partial charge is 0.344 e. The Morgan fingerprint density at radius 2 is 1.85 bits per heavy atom. The minimum Gasteiger partial charge on any atom is -0.494 e. The molecule has 0 N–H and O–H groups in total. The van der Waals surface area contributed by atoms with Crippen LogP contribution in [0.2, 0.25) is 10.0 Å². The SMILES string of the molecule is CCOC(=O)COc1c(Cl)c(OC)c2c(c1Cl)OC1(CCCCC1)CC2=O. The van der Waals surface area contributed by atoms with E-state index < -0.39 is 11.6 Å². The van der Waals surface area contributed by atoms with Gasteiger partial charge < -0.3 is 18.9 Å². The Morgan fingerprint density at radius 3 is 2.48 bits per heavy atom. The van der Waals surface area contributed by atoms with Crippen LogP contribution in [-0.4, -0.2) is 37.7 Å². The molecule has 0 atom stereocenters. The molecule has 0 unspecified atom stereocenters. The number of carbonyl (C=O) groups excluding carboxylic acids is 2. The lowest BCUT2D eigenvalue weighted by Crippen LogP contribution is -2.43. The summed E-state index contributed by atoms with van der Waals surface area (Å²) in [6, 6.07) is 0. The lowest BCUT2D eigenvalue weighted by molar-refractivity contribution is -0.145. The van der Waals surface area contributed by atoms with E-state index >= 15 is 0 Å². The van der Waals surface area contributed by atoms with Crippen LogP contribution in [0.3, 0.4) is 0 Å². The molecule has 0 bridgehead atoms. The maximum Gasteiger partial charge on any atom is 0.344 e. The van der Waals surface area contributed by atoms with Gasteiger partial charge in [0.1, 0.15) is 21.2 Å². The first-order valence-corrected chi connectivity index (χ1v) is 9.77. The van der Waals surface area contributed by atoms with Gasteiger partial charge in [-0.25, -0.2) is 4.79 Å². The molecule has 0 saturated heterocycles. The van der Waals surface area contributed by atoms with Crippen molar-refractivity contribution in [3.05, 3.63) is 15.6 Å². The van der Waals surface area contributed by atoms with Crippen LogP contribution < -0.4 is 14.2 Å². The highest BCUT2D eigenvalue weighted by Gasteiger charge is 2.45. The molecule has 6 nitrogen and oxygen atoms in total. The largest absolute Gasteiger partial charge is 0.494 e. The van der Waals surface area contributed by atoms with Gasteiger partial charge in [-0.1, -0.05) is 29.6 Å². The molecule has 27 heavy (non-hydrogen) atoms. The van der Waals surface area contributed by atoms with Crippen molar-refractivity contribution >= 4 is 35.0 Å². The predicted octanol–water partition coefficient (Wildman–Crippen LogP) is 4.61. The number of ketones is 1. The van der Waals surface area contributed by atoms with E-state index in [0.29, 0.717) is 0 Å². The number of fused-ring (bicyclic) bond motifs is 1. The fraction of sp³-hybridized carbons (Fsp3) is 0.579. The van der Waals surface area contributed by atoms with E-state index in [4.69, 9.17) is 42.1 Å². The van der Waals surface area contributed by atoms with Crippen LogP contribution in [0, 0.1) is 0 Å². The fourth-order valence-electron chi connectivity index (χ4n) is 3.73. The molecule has 1 saturated carbocycles. The number of Topliss-reactive ketones (excluding diaryl/α,β-unsaturated/α-hetero) is 1. The van der Waals surface area contributed by atoms with Crippen LogP contribution in [0.25, 0.3) is 0 Å². The van der Waals surface area contributed by atoms with Gasteiger partial charge in [-0.15, -0.1) is 0 Å². The number of ether oxygens (including phenoxy) is 4. The molecule has 1 aromatic carbocycles. The lowest BCUT2D eigenvalue weighted by atomic mass is 9.78. The van der Waals surface area contributed by atoms with Gasteiger partial charge in [0.25, 0.3) is 0 Å². The molecule has 0 aromatic heterocycles. The van der Waals surface area contributed by atoms with Crippen LogP contribution >= 0.6 is 23.2 Å². The van der Waals surface area contributed by atoms with Gasteiger partial charge in [0.05, 0.1) is 20.1 Å². The third-order valence-electron chi connectivity index (χ3n) is 4.94. The van der Waals surface area contributed by atoms with E-state index in [-0.39, 0.29) is 58.3 Å². The standard InChI is InChI=1S/C19H22Cl2O6/c1-3-25-12(23)10-26-18-14(20)16(24-2)13-11(22)9-19(7-5-4-6-8-19)27-17(13)15(18)21/h3-10H2,1-2H3. The molecule has 1 heterocycles. The van der Waals surface area contributed by atoms with Crippen molar-refractivity contribution in [2.45, 2.75) is 51.0 Å². The zero-order chi connectivity index (χ0) is 19.6. The molecule has 1 aliphatic heterocycles. The summed E-state index contributed by atoms with van der Waals surface area (Å²) in [5.74, 6) is -0.263. The topological polar surface area (TPSA) is 71.1 Å². The minimum absolute atomic E-state index is 0.0297. The Hall–Kier alpha value is -1.66. The summed E-state index contributed by atoms with van der Waals surface area (Å²) < 4.78 is 22.0. The van der Waals surface area contributed by atoms with Gasteiger partial charge in [-0.2, -0.15) is 0 Å². The summed E-state index contributed by atoms with van der Waals surface area (Å²) in [6.07, 6.45) is 4.97. The minimum atomic E-state index is -0.554. The van der Waals surface area contributed by atoms with Crippen molar-refractivity contribution in [1.82, 2.24) is 0 Å². The lowest BCUT2D eigenvalue weighted by Gasteiger charge is -2.41. The van der Waals surface area contributed by atoms with E-state index in [9.17, 15) is 9.59 Å². The fourth-order valence-corrected chi connectivity index (χ4v) is 4.39. The highest BCUT2D eigenvalue weighted by atomic mass is 35.5. The second-order valence-corrected chi connectivity index (χ2v) is 7.49. The summed E-state index contributed by atoms with van der Waals surface area (Å²) in [5, 5.41) is 0.0974. The second-order valence-electron chi connectivity index (χ2n) is 6.73. The maximum atomic E-state index is 12.9. The van der Waals surface area contributed by atoms with Crippen molar-refractivity contribution in [1.29, 1.82) is 0 Å². The summed E-state index contributed by atoms with van der Waals surface area (Å²) in [7, 11) is 1.41. The highest BCUT2D eigenvalue weighted by Crippen LogP contribution is 2.54. The first-order chi connectivity index (χ1) is 12.9. The first-order valence-electron chi connectivity index (χ1n) is 9.02. The summed E-state index contributed by atoms with van der Waals surface area (Å²) in [6.45, 7) is 1.56. The highest BCUT2D eigenvalue weighted by molar-refractivity contribution is 6.40. The Morgan fingerprint density at radius 1 is 1.15 bits per heavy atom. The van der Waals surface area contributed by atoms with Crippen molar-refractivity contribution < 1.29 is 28.5 Å². The number of methoxy groups -OCH3 is 1. The molecule has 1 aromatic rings. The number of hydrogen-bond donors (Lipinski definition) is 0. The van der Waals surface area contributed by atoms with Gasteiger partial charge in [-0.05, 0) is 32.6 Å². The number of esters is 1. The van der Waals surface area contributed by atoms with Crippen LogP contribution in [0.4, 0.5) is 0 Å². The van der Waals surface area contributed by atoms with E-state index in [1.165, 1.54) is 7.11 Å². The van der Waals surface area contributed by atoms with Gasteiger partial charge in [0, 0.05) is 0 Å². The quantitative estimate of drug-likeness (QED) is 0.652. The van der Waals surface area contributed by atoms with Crippen LogP contribution in [0.5, 0.6) is 17.2 Å². The average molecular weight is 417 g/mol. The molecule has 3 rings (SSSR count). The second kappa shape index (κ2) is 8.15. The molecule has 2 aliphatic rings. The van der Waals surface area contributed by atoms with Crippen LogP contribution in [0.1, 0.15) is 55.8 Å². The van der Waals surface area contributed by atoms with Gasteiger partial charge in [0.2, 0.25) is 0 Å². The molecule has 8 heteroatoms. The van der Waals surface area contributed by atoms with Crippen molar-refractivity contribution in [3.63, 3.8) is 0 Å². The molecule has 0 amide bonds. The maximum absolute atomic E-state index is 12.9. The molecule has 1 fully saturated rings. The van der Waals surface area contributed by atoms with Gasteiger partial charge >= 0.3 is 5.97 Å². The van der Waals surface area contributed by atoms with Crippen LogP contribution in [-0.2, 0) is 9.53 Å². The van der Waals surface area contributed by atoms with Crippen molar-refractivity contribution in [2.24, 2.45) is 0 Å². The normalized spacial score (nSPS) is 17.9. The Balaban J connectivity index is 2.02. The molecule has 148 valence electrons. The third-order valence-corrected chi connectivity index (χ3v) is 5.63. The van der Waals surface area contributed by atoms with E-state index in [0.717, 1.165) is 32.1 Å². The van der Waals surface area contributed by atoms with Crippen molar-refractivity contribution in [2.75, 3.05) is 20.3 Å². The molecule has 0 radical (unpaired) electrons. The summed E-state index contributed by atoms with van der Waals surface area (Å²) >= 11 is 12.9. The Kier molecular flexibility index (Phi) is 6.06. The van der Waals surface area contributed by atoms with E-state index in [1.54, 1.807) is 6.92 Å². The zero-order valence-corrected chi connectivity index (χ0v) is 16.9. The molecular formula is C19H22Cl2O6. The summed E-state index contributed by atoms with van der Waals surface area (Å²) in [4.78, 5) is 24.5. The van der Waals surface area contributed by atoms with Gasteiger partial charge in [-0.3, -0.25) is 4.79 Å². The van der Waals surface area contributed by atoms with Crippen molar-refractivity contribution in [3.8, 4) is 17.2 Å². The Labute approximate surface area is 168 Å². The zero-order valence-electron chi connectivity index (χ0n) is 15.4.